The number of para-hydroxylation sites is 1. The van der Waals surface area contributed by atoms with Gasteiger partial charge >= 0.3 is 0 Å². The van der Waals surface area contributed by atoms with Crippen LogP contribution in [0, 0.1) is 11.3 Å². The van der Waals surface area contributed by atoms with Crippen LogP contribution >= 0.6 is 38.9 Å². The first kappa shape index (κ1) is 15.0. The van der Waals surface area contributed by atoms with E-state index in [1.807, 2.05) is 24.3 Å². The second-order valence-corrected chi connectivity index (χ2v) is 6.84. The van der Waals surface area contributed by atoms with Crippen LogP contribution in [0.2, 0.25) is 5.02 Å². The number of hydrogen-bond donors (Lipinski definition) is 1. The van der Waals surface area contributed by atoms with Gasteiger partial charge in [-0.3, -0.25) is 0 Å². The molecule has 0 saturated heterocycles. The average Bonchev–Trinajstić information content (AvgIpc) is 2.93. The molecular weight excluding hydrogens is 384 g/mol. The molecule has 22 heavy (non-hydrogen) atoms. The second-order valence-electron chi connectivity index (χ2n) is 4.48. The third-order valence-corrected chi connectivity index (χ3v) is 4.82. The number of hydrogen-bond acceptors (Lipinski definition) is 4. The largest absolute Gasteiger partial charge is 0.506 e. The van der Waals surface area contributed by atoms with Crippen molar-refractivity contribution in [1.82, 2.24) is 4.98 Å². The van der Waals surface area contributed by atoms with Crippen LogP contribution in [-0.2, 0) is 0 Å². The maximum absolute atomic E-state index is 10.0. The van der Waals surface area contributed by atoms with Gasteiger partial charge in [0.15, 0.2) is 0 Å². The molecule has 0 aliphatic heterocycles. The molecule has 1 heterocycles. The number of allylic oxidation sites excluding steroid dienone is 1. The molecule has 0 atom stereocenters. The molecule has 0 bridgehead atoms. The number of rotatable bonds is 2. The van der Waals surface area contributed by atoms with E-state index in [0.717, 1.165) is 14.7 Å². The summed E-state index contributed by atoms with van der Waals surface area (Å²) < 4.78 is 1.73. The molecule has 6 heteroatoms. The zero-order valence-electron chi connectivity index (χ0n) is 11.0. The van der Waals surface area contributed by atoms with E-state index in [1.165, 1.54) is 11.3 Å². The summed E-state index contributed by atoms with van der Waals surface area (Å²) in [5.74, 6) is -0.0567. The Morgan fingerprint density at radius 2 is 2.14 bits per heavy atom. The molecule has 0 aliphatic rings. The maximum Gasteiger partial charge on any atom is 0.141 e. The van der Waals surface area contributed by atoms with Crippen LogP contribution in [0.25, 0.3) is 21.9 Å². The lowest BCUT2D eigenvalue weighted by atomic mass is 10.1. The van der Waals surface area contributed by atoms with E-state index in [4.69, 9.17) is 11.6 Å². The summed E-state index contributed by atoms with van der Waals surface area (Å²) in [5.41, 5.74) is 1.70. The van der Waals surface area contributed by atoms with Gasteiger partial charge in [-0.1, -0.05) is 39.7 Å². The molecule has 0 spiro atoms. The lowest BCUT2D eigenvalue weighted by Crippen LogP contribution is -1.83. The van der Waals surface area contributed by atoms with E-state index in [2.05, 4.69) is 27.0 Å². The van der Waals surface area contributed by atoms with Crippen molar-refractivity contribution < 1.29 is 5.11 Å². The summed E-state index contributed by atoms with van der Waals surface area (Å²) in [5, 5.41) is 20.3. The molecule has 0 amide bonds. The maximum atomic E-state index is 10.0. The average molecular weight is 392 g/mol. The lowest BCUT2D eigenvalue weighted by molar-refractivity contribution is 0.474. The molecule has 3 rings (SSSR count). The van der Waals surface area contributed by atoms with Crippen LogP contribution in [0.4, 0.5) is 0 Å². The number of aromatic hydroxyl groups is 1. The fraction of sp³-hybridized carbons (Fsp3) is 0. The van der Waals surface area contributed by atoms with Gasteiger partial charge in [0, 0.05) is 10.0 Å². The van der Waals surface area contributed by atoms with Crippen molar-refractivity contribution in [1.29, 1.82) is 5.26 Å². The third kappa shape index (κ3) is 2.86. The van der Waals surface area contributed by atoms with Gasteiger partial charge < -0.3 is 5.11 Å². The molecule has 0 fully saturated rings. The van der Waals surface area contributed by atoms with Gasteiger partial charge in [-0.05, 0) is 30.3 Å². The molecule has 2 aromatic carbocycles. The number of thiazole rings is 1. The molecule has 1 aromatic heterocycles. The van der Waals surface area contributed by atoms with Gasteiger partial charge in [-0.25, -0.2) is 4.98 Å². The Morgan fingerprint density at radius 3 is 2.86 bits per heavy atom. The van der Waals surface area contributed by atoms with E-state index < -0.39 is 0 Å². The van der Waals surface area contributed by atoms with Gasteiger partial charge in [0.25, 0.3) is 0 Å². The van der Waals surface area contributed by atoms with Gasteiger partial charge in [-0.15, -0.1) is 11.3 Å². The monoisotopic (exact) mass is 390 g/mol. The van der Waals surface area contributed by atoms with Crippen molar-refractivity contribution in [3.05, 3.63) is 56.5 Å². The van der Waals surface area contributed by atoms with E-state index in [0.29, 0.717) is 16.1 Å². The molecule has 3 aromatic rings. The molecule has 0 unspecified atom stereocenters. The van der Waals surface area contributed by atoms with E-state index in [-0.39, 0.29) is 10.8 Å². The molecule has 0 saturated carbocycles. The first-order valence-corrected chi connectivity index (χ1v) is 8.23. The van der Waals surface area contributed by atoms with Gasteiger partial charge in [0.2, 0.25) is 0 Å². The van der Waals surface area contributed by atoms with Crippen LogP contribution in [0.15, 0.2) is 40.9 Å². The van der Waals surface area contributed by atoms with Crippen molar-refractivity contribution in [2.24, 2.45) is 0 Å². The van der Waals surface area contributed by atoms with Crippen molar-refractivity contribution in [3.63, 3.8) is 0 Å². The minimum Gasteiger partial charge on any atom is -0.506 e. The lowest BCUT2D eigenvalue weighted by Gasteiger charge is -2.03. The molecule has 108 valence electrons. The van der Waals surface area contributed by atoms with Crippen molar-refractivity contribution in [2.75, 3.05) is 0 Å². The Kier molecular flexibility index (Phi) is 4.16. The van der Waals surface area contributed by atoms with E-state index >= 15 is 0 Å². The van der Waals surface area contributed by atoms with E-state index in [9.17, 15) is 10.4 Å². The van der Waals surface area contributed by atoms with Gasteiger partial charge in [-0.2, -0.15) is 5.26 Å². The summed E-state index contributed by atoms with van der Waals surface area (Å²) in [7, 11) is 0. The van der Waals surface area contributed by atoms with Crippen molar-refractivity contribution in [3.8, 4) is 11.8 Å². The Labute approximate surface area is 144 Å². The Morgan fingerprint density at radius 1 is 1.36 bits per heavy atom. The molecule has 0 radical (unpaired) electrons. The number of aromatic nitrogens is 1. The highest BCUT2D eigenvalue weighted by Gasteiger charge is 2.11. The third-order valence-electron chi connectivity index (χ3n) is 3.00. The minimum atomic E-state index is -0.0567. The second kappa shape index (κ2) is 6.09. The summed E-state index contributed by atoms with van der Waals surface area (Å²) >= 11 is 10.7. The van der Waals surface area contributed by atoms with Crippen LogP contribution in [-0.4, -0.2) is 10.1 Å². The molecular formula is C16H8BrClN2OS. The number of nitrogens with zero attached hydrogens (tertiary/aromatic N) is 2. The predicted molar refractivity (Wildman–Crippen MR) is 93.9 cm³/mol. The number of fused-ring (bicyclic) bond motifs is 1. The summed E-state index contributed by atoms with van der Waals surface area (Å²) in [6.45, 7) is 0. The predicted octanol–water partition coefficient (Wildman–Crippen LogP) is 5.48. The molecule has 1 N–H and O–H groups in total. The number of halogens is 2. The minimum absolute atomic E-state index is 0.0567. The Hall–Kier alpha value is -1.87. The Bertz CT molecular complexity index is 910. The van der Waals surface area contributed by atoms with E-state index in [1.54, 1.807) is 18.2 Å². The Balaban J connectivity index is 2.13. The first-order chi connectivity index (χ1) is 10.6. The fourth-order valence-electron chi connectivity index (χ4n) is 1.98. The van der Waals surface area contributed by atoms with Crippen LogP contribution in [0.1, 0.15) is 10.6 Å². The molecule has 0 aliphatic carbocycles. The zero-order chi connectivity index (χ0) is 15.7. The highest BCUT2D eigenvalue weighted by atomic mass is 79.9. The highest BCUT2D eigenvalue weighted by Crippen LogP contribution is 2.35. The number of benzene rings is 2. The normalized spacial score (nSPS) is 11.6. The standard InChI is InChI=1S/C16H8BrClN2OS/c17-11-6-9(15(21)12(18)7-11)5-10(8-19)16-20-13-3-1-2-4-14(13)22-16/h1-7,21H. The number of phenolic OH excluding ortho intramolecular Hbond substituents is 1. The topological polar surface area (TPSA) is 56.9 Å². The summed E-state index contributed by atoms with van der Waals surface area (Å²) in [6.07, 6.45) is 1.59. The van der Waals surface area contributed by atoms with Crippen molar-refractivity contribution >= 4 is 60.7 Å². The van der Waals surface area contributed by atoms with Crippen molar-refractivity contribution in [2.45, 2.75) is 0 Å². The summed E-state index contributed by atoms with van der Waals surface area (Å²) in [6, 6.07) is 13.1. The SMILES string of the molecule is N#CC(=Cc1cc(Br)cc(Cl)c1O)c1nc2ccccc2s1. The fourth-order valence-corrected chi connectivity index (χ4v) is 3.75. The number of nitriles is 1. The van der Waals surface area contributed by atoms with Crippen LogP contribution in [0.5, 0.6) is 5.75 Å². The highest BCUT2D eigenvalue weighted by molar-refractivity contribution is 9.10. The first-order valence-electron chi connectivity index (χ1n) is 6.24. The molecule has 3 nitrogen and oxygen atoms in total. The van der Waals surface area contributed by atoms with Crippen LogP contribution < -0.4 is 0 Å². The summed E-state index contributed by atoms with van der Waals surface area (Å²) in [4.78, 5) is 4.46. The quantitative estimate of drug-likeness (QED) is 0.588. The zero-order valence-corrected chi connectivity index (χ0v) is 14.2. The van der Waals surface area contributed by atoms with Gasteiger partial charge in [0.05, 0.1) is 20.8 Å². The van der Waals surface area contributed by atoms with Gasteiger partial charge in [0.1, 0.15) is 16.8 Å². The van der Waals surface area contributed by atoms with Crippen LogP contribution in [0.3, 0.4) is 0 Å². The smallest absolute Gasteiger partial charge is 0.141 e. The number of phenols is 1.